The second kappa shape index (κ2) is 7.48. The quantitative estimate of drug-likeness (QED) is 0.805. The molecule has 6 heteroatoms. The van der Waals surface area contributed by atoms with Gasteiger partial charge in [-0.2, -0.15) is 0 Å². The highest BCUT2D eigenvalue weighted by molar-refractivity contribution is 7.80. The summed E-state index contributed by atoms with van der Waals surface area (Å²) in [5, 5.41) is 4.49. The van der Waals surface area contributed by atoms with Crippen molar-refractivity contribution in [1.82, 2.24) is 10.2 Å². The van der Waals surface area contributed by atoms with Crippen LogP contribution >= 0.6 is 23.8 Å². The van der Waals surface area contributed by atoms with E-state index in [0.29, 0.717) is 15.7 Å². The van der Waals surface area contributed by atoms with E-state index in [2.05, 4.69) is 5.32 Å². The molecule has 1 aliphatic rings. The third-order valence-corrected chi connectivity index (χ3v) is 4.85. The molecule has 2 aromatic carbocycles. The van der Waals surface area contributed by atoms with Crippen molar-refractivity contribution in [3.63, 3.8) is 0 Å². The molecule has 1 aliphatic heterocycles. The van der Waals surface area contributed by atoms with Crippen LogP contribution in [0.1, 0.15) is 18.5 Å². The summed E-state index contributed by atoms with van der Waals surface area (Å²) >= 11 is 11.8. The first-order valence-corrected chi connectivity index (χ1v) is 9.02. The number of carbonyl (C=O) groups excluding carboxylic acids is 1. The van der Waals surface area contributed by atoms with Crippen LogP contribution in [0.2, 0.25) is 5.02 Å². The Hall–Kier alpha value is -2.37. The van der Waals surface area contributed by atoms with Crippen molar-refractivity contribution >= 4 is 40.5 Å². The fraction of sp³-hybridized carbons (Fsp3) is 0.200. The molecule has 0 aliphatic carbocycles. The van der Waals surface area contributed by atoms with Crippen LogP contribution in [0.4, 0.5) is 5.69 Å². The van der Waals surface area contributed by atoms with Crippen LogP contribution < -0.4 is 10.2 Å². The standard InChI is InChI=1S/C20H20ClN3OS/c1-13-17(19(25)23(2)3)18(14-8-7-9-15(21)12-14)22-20(26)24(13)16-10-5-4-6-11-16/h4-12,18H,1-3H3,(H,22,26). The predicted octanol–water partition coefficient (Wildman–Crippen LogP) is 4.14. The third kappa shape index (κ3) is 3.45. The van der Waals surface area contributed by atoms with Crippen molar-refractivity contribution in [1.29, 1.82) is 0 Å². The summed E-state index contributed by atoms with van der Waals surface area (Å²) in [6.45, 7) is 1.93. The highest BCUT2D eigenvalue weighted by Crippen LogP contribution is 2.34. The second-order valence-corrected chi connectivity index (χ2v) is 7.13. The topological polar surface area (TPSA) is 35.6 Å². The fourth-order valence-corrected chi connectivity index (χ4v) is 3.64. The monoisotopic (exact) mass is 385 g/mol. The van der Waals surface area contributed by atoms with Gasteiger partial charge in [0.15, 0.2) is 5.11 Å². The van der Waals surface area contributed by atoms with Crippen LogP contribution in [-0.2, 0) is 4.79 Å². The largest absolute Gasteiger partial charge is 0.351 e. The minimum absolute atomic E-state index is 0.0663. The van der Waals surface area contributed by atoms with Crippen molar-refractivity contribution in [3.05, 3.63) is 76.5 Å². The smallest absolute Gasteiger partial charge is 0.253 e. The molecule has 1 N–H and O–H groups in total. The molecule has 1 amide bonds. The normalized spacial score (nSPS) is 17.2. The Bertz CT molecular complexity index is 880. The van der Waals surface area contributed by atoms with Gasteiger partial charge < -0.3 is 10.2 Å². The number of anilines is 1. The molecule has 2 aromatic rings. The summed E-state index contributed by atoms with van der Waals surface area (Å²) in [5.74, 6) is -0.0663. The van der Waals surface area contributed by atoms with Crippen LogP contribution in [0.15, 0.2) is 65.9 Å². The van der Waals surface area contributed by atoms with Gasteiger partial charge in [-0.15, -0.1) is 0 Å². The van der Waals surface area contributed by atoms with Gasteiger partial charge in [-0.25, -0.2) is 0 Å². The average molecular weight is 386 g/mol. The Morgan fingerprint density at radius 1 is 1.15 bits per heavy atom. The van der Waals surface area contributed by atoms with E-state index >= 15 is 0 Å². The molecule has 26 heavy (non-hydrogen) atoms. The highest BCUT2D eigenvalue weighted by atomic mass is 35.5. The number of carbonyl (C=O) groups is 1. The number of halogens is 1. The van der Waals surface area contributed by atoms with Crippen molar-refractivity contribution in [2.75, 3.05) is 19.0 Å². The van der Waals surface area contributed by atoms with Gasteiger partial charge in [0.05, 0.1) is 11.6 Å². The summed E-state index contributed by atoms with van der Waals surface area (Å²) in [4.78, 5) is 16.5. The zero-order valence-electron chi connectivity index (χ0n) is 14.9. The van der Waals surface area contributed by atoms with E-state index in [4.69, 9.17) is 23.8 Å². The number of hydrogen-bond acceptors (Lipinski definition) is 2. The molecular weight excluding hydrogens is 366 g/mol. The predicted molar refractivity (Wildman–Crippen MR) is 110 cm³/mol. The van der Waals surface area contributed by atoms with Gasteiger partial charge in [0.2, 0.25) is 0 Å². The lowest BCUT2D eigenvalue weighted by molar-refractivity contribution is -0.125. The number of para-hydroxylation sites is 1. The molecule has 0 spiro atoms. The Morgan fingerprint density at radius 2 is 1.85 bits per heavy atom. The van der Waals surface area contributed by atoms with Crippen LogP contribution in [0.3, 0.4) is 0 Å². The molecule has 134 valence electrons. The zero-order valence-corrected chi connectivity index (χ0v) is 16.4. The Morgan fingerprint density at radius 3 is 2.46 bits per heavy atom. The fourth-order valence-electron chi connectivity index (χ4n) is 3.09. The maximum Gasteiger partial charge on any atom is 0.253 e. The first-order chi connectivity index (χ1) is 12.4. The summed E-state index contributed by atoms with van der Waals surface area (Å²) in [5.41, 5.74) is 3.27. The lowest BCUT2D eigenvalue weighted by Gasteiger charge is -2.38. The molecule has 0 radical (unpaired) electrons. The van der Waals surface area contributed by atoms with Gasteiger partial charge in [0.25, 0.3) is 5.91 Å². The van der Waals surface area contributed by atoms with E-state index in [1.54, 1.807) is 19.0 Å². The van der Waals surface area contributed by atoms with Crippen LogP contribution in [-0.4, -0.2) is 30.0 Å². The molecule has 1 atom stereocenters. The number of thiocarbonyl (C=S) groups is 1. The van der Waals surface area contributed by atoms with Gasteiger partial charge in [0, 0.05) is 30.5 Å². The van der Waals surface area contributed by atoms with Crippen LogP contribution in [0.25, 0.3) is 0 Å². The van der Waals surface area contributed by atoms with Crippen molar-refractivity contribution in [3.8, 4) is 0 Å². The molecule has 0 bridgehead atoms. The lowest BCUT2D eigenvalue weighted by atomic mass is 9.94. The lowest BCUT2D eigenvalue weighted by Crippen LogP contribution is -2.49. The maximum atomic E-state index is 13.0. The molecule has 3 rings (SSSR count). The SMILES string of the molecule is CC1=C(C(=O)N(C)C)C(c2cccc(Cl)c2)NC(=S)N1c1ccccc1. The second-order valence-electron chi connectivity index (χ2n) is 6.31. The van der Waals surface area contributed by atoms with E-state index < -0.39 is 0 Å². The van der Waals surface area contributed by atoms with E-state index in [1.165, 1.54) is 0 Å². The molecule has 1 heterocycles. The summed E-state index contributed by atoms with van der Waals surface area (Å²) < 4.78 is 0. The number of rotatable bonds is 3. The van der Waals surface area contributed by atoms with E-state index in [9.17, 15) is 4.79 Å². The first-order valence-electron chi connectivity index (χ1n) is 8.23. The molecule has 0 saturated heterocycles. The van der Waals surface area contributed by atoms with Crippen LogP contribution in [0.5, 0.6) is 0 Å². The number of amides is 1. The minimum Gasteiger partial charge on any atom is -0.351 e. The van der Waals surface area contributed by atoms with Gasteiger partial charge in [-0.1, -0.05) is 41.9 Å². The number of allylic oxidation sites excluding steroid dienone is 1. The Labute approximate surface area is 164 Å². The van der Waals surface area contributed by atoms with E-state index in [0.717, 1.165) is 16.9 Å². The van der Waals surface area contributed by atoms with Gasteiger partial charge >= 0.3 is 0 Å². The molecule has 0 aromatic heterocycles. The summed E-state index contributed by atoms with van der Waals surface area (Å²) in [6, 6.07) is 16.9. The molecule has 0 fully saturated rings. The Balaban J connectivity index is 2.17. The van der Waals surface area contributed by atoms with Crippen LogP contribution in [0, 0.1) is 0 Å². The van der Waals surface area contributed by atoms with Gasteiger partial charge in [0.1, 0.15) is 0 Å². The minimum atomic E-state index is -0.351. The molecular formula is C20H20ClN3OS. The molecule has 0 saturated carbocycles. The maximum absolute atomic E-state index is 13.0. The molecule has 1 unspecified atom stereocenters. The number of hydrogen-bond donors (Lipinski definition) is 1. The van der Waals surface area contributed by atoms with Crippen molar-refractivity contribution in [2.24, 2.45) is 0 Å². The number of nitrogens with zero attached hydrogens (tertiary/aromatic N) is 2. The Kier molecular flexibility index (Phi) is 5.30. The summed E-state index contributed by atoms with van der Waals surface area (Å²) in [7, 11) is 3.49. The van der Waals surface area contributed by atoms with Gasteiger partial charge in [-0.05, 0) is 49.0 Å². The number of nitrogens with one attached hydrogen (secondary N) is 1. The van der Waals surface area contributed by atoms with Crippen molar-refractivity contribution in [2.45, 2.75) is 13.0 Å². The first kappa shape index (κ1) is 18.4. The number of benzene rings is 2. The van der Waals surface area contributed by atoms with Crippen molar-refractivity contribution < 1.29 is 4.79 Å². The van der Waals surface area contributed by atoms with E-state index in [-0.39, 0.29) is 11.9 Å². The average Bonchev–Trinajstić information content (AvgIpc) is 2.61. The third-order valence-electron chi connectivity index (χ3n) is 4.32. The summed E-state index contributed by atoms with van der Waals surface area (Å²) in [6.07, 6.45) is 0. The zero-order chi connectivity index (χ0) is 18.8. The molecule has 4 nitrogen and oxygen atoms in total. The van der Waals surface area contributed by atoms with Gasteiger partial charge in [-0.3, -0.25) is 9.69 Å². The van der Waals surface area contributed by atoms with E-state index in [1.807, 2.05) is 66.4 Å². The number of likely N-dealkylation sites (N-methyl/N-ethyl adjacent to an activating group) is 1. The highest BCUT2D eigenvalue weighted by Gasteiger charge is 2.35.